The molecule has 0 atom stereocenters. The molecule has 11 heavy (non-hydrogen) atoms. The third-order valence-electron chi connectivity index (χ3n) is 0.200. The SMILES string of the molecule is O=P([O-])([O-])OP(=O)([O-])[O-].[Ni+2].[Sr+2]. The van der Waals surface area contributed by atoms with Gasteiger partial charge in [0.1, 0.15) is 0 Å². The monoisotopic (exact) mass is 320 g/mol. The molecule has 0 saturated carbocycles. The predicted molar refractivity (Wildman–Crippen MR) is 22.1 cm³/mol. The first-order chi connectivity index (χ1) is 3.71. The van der Waals surface area contributed by atoms with Crippen LogP contribution in [0.1, 0.15) is 0 Å². The molecule has 0 aromatic heterocycles. The molecule has 0 aromatic carbocycles. The fourth-order valence-electron chi connectivity index (χ4n) is 0.122. The third-order valence-corrected chi connectivity index (χ3v) is 1.80. The average molecular weight is 320 g/mol. The summed E-state index contributed by atoms with van der Waals surface area (Å²) in [6.45, 7) is 0. The van der Waals surface area contributed by atoms with Gasteiger partial charge in [-0.25, -0.2) is 0 Å². The molecule has 0 aromatic rings. The molecule has 0 unspecified atom stereocenters. The van der Waals surface area contributed by atoms with Crippen molar-refractivity contribution in [3.05, 3.63) is 0 Å². The Bertz CT molecular complexity index is 157. The molecule has 0 spiro atoms. The molecule has 0 aliphatic rings. The van der Waals surface area contributed by atoms with Gasteiger partial charge in [-0.2, -0.15) is 0 Å². The van der Waals surface area contributed by atoms with Gasteiger partial charge in [0.05, 0.1) is 15.6 Å². The van der Waals surface area contributed by atoms with Crippen LogP contribution < -0.4 is 19.6 Å². The summed E-state index contributed by atoms with van der Waals surface area (Å²) in [5.41, 5.74) is 0. The van der Waals surface area contributed by atoms with Gasteiger partial charge in [0.2, 0.25) is 0 Å². The maximum atomic E-state index is 9.32. The predicted octanol–water partition coefficient (Wildman–Crippen LogP) is -3.72. The molecule has 0 aliphatic carbocycles. The minimum atomic E-state index is -5.68. The van der Waals surface area contributed by atoms with Crippen molar-refractivity contribution in [1.29, 1.82) is 0 Å². The van der Waals surface area contributed by atoms with Crippen LogP contribution >= 0.6 is 15.6 Å². The van der Waals surface area contributed by atoms with E-state index in [1.165, 1.54) is 0 Å². The van der Waals surface area contributed by atoms with E-state index < -0.39 is 15.6 Å². The van der Waals surface area contributed by atoms with E-state index in [9.17, 15) is 28.7 Å². The van der Waals surface area contributed by atoms with Gasteiger partial charge in [0.15, 0.2) is 0 Å². The van der Waals surface area contributed by atoms with E-state index in [-0.39, 0.29) is 62.0 Å². The Morgan fingerprint density at radius 2 is 1.09 bits per heavy atom. The Morgan fingerprint density at radius 1 is 0.909 bits per heavy atom. The van der Waals surface area contributed by atoms with Crippen molar-refractivity contribution in [3.8, 4) is 0 Å². The van der Waals surface area contributed by atoms with Crippen LogP contribution in [0.2, 0.25) is 0 Å². The maximum Gasteiger partial charge on any atom is 2.00 e. The van der Waals surface area contributed by atoms with Gasteiger partial charge >= 0.3 is 62.0 Å². The van der Waals surface area contributed by atoms with Crippen molar-refractivity contribution in [2.24, 2.45) is 0 Å². The number of hydrogen-bond acceptors (Lipinski definition) is 7. The summed E-state index contributed by atoms with van der Waals surface area (Å²) in [5.74, 6) is 0. The molecule has 0 saturated heterocycles. The van der Waals surface area contributed by atoms with E-state index in [2.05, 4.69) is 4.31 Å². The topological polar surface area (TPSA) is 136 Å². The molecular weight excluding hydrogens is 320 g/mol. The molecular formula is NiO7P2Sr. The second-order valence-corrected chi connectivity index (χ2v) is 3.42. The first-order valence-electron chi connectivity index (χ1n) is 1.46. The van der Waals surface area contributed by atoms with Crippen molar-refractivity contribution in [2.45, 2.75) is 0 Å². The zero-order valence-corrected chi connectivity index (χ0v) is 11.0. The van der Waals surface area contributed by atoms with E-state index in [0.29, 0.717) is 0 Å². The fraction of sp³-hybridized carbons (Fsp3) is 0. The Kier molecular flexibility index (Phi) is 11.4. The van der Waals surface area contributed by atoms with Crippen LogP contribution in [-0.4, -0.2) is 45.5 Å². The van der Waals surface area contributed by atoms with Crippen molar-refractivity contribution in [1.82, 2.24) is 0 Å². The van der Waals surface area contributed by atoms with Gasteiger partial charge in [0, 0.05) is 0 Å². The molecule has 11 heteroatoms. The first-order valence-corrected chi connectivity index (χ1v) is 4.38. The summed E-state index contributed by atoms with van der Waals surface area (Å²) in [6.07, 6.45) is 0. The minimum Gasteiger partial charge on any atom is -0.790 e. The van der Waals surface area contributed by atoms with Gasteiger partial charge in [-0.05, 0) is 0 Å². The van der Waals surface area contributed by atoms with E-state index in [1.807, 2.05) is 0 Å². The Balaban J connectivity index is -0.000000320. The van der Waals surface area contributed by atoms with Gasteiger partial charge in [-0.1, -0.05) is 0 Å². The summed E-state index contributed by atoms with van der Waals surface area (Å²) < 4.78 is 21.2. The van der Waals surface area contributed by atoms with Crippen molar-refractivity contribution in [3.63, 3.8) is 0 Å². The summed E-state index contributed by atoms with van der Waals surface area (Å²) in [5, 5.41) is 0. The molecule has 0 amide bonds. The zero-order valence-electron chi connectivity index (χ0n) is 4.78. The zero-order chi connectivity index (χ0) is 7.71. The van der Waals surface area contributed by atoms with E-state index in [1.54, 1.807) is 0 Å². The second kappa shape index (κ2) is 6.65. The molecule has 7 nitrogen and oxygen atoms in total. The molecule has 0 fully saturated rings. The quantitative estimate of drug-likeness (QED) is 0.377. The number of rotatable bonds is 2. The second-order valence-electron chi connectivity index (χ2n) is 0.976. The van der Waals surface area contributed by atoms with Gasteiger partial charge in [0.25, 0.3) is 0 Å². The van der Waals surface area contributed by atoms with Crippen LogP contribution in [0.25, 0.3) is 0 Å². The molecule has 64 valence electrons. The Hall–Kier alpha value is 2.23. The normalized spacial score (nSPS) is 11.3. The van der Waals surface area contributed by atoms with Crippen LogP contribution in [0.3, 0.4) is 0 Å². The van der Waals surface area contributed by atoms with Crippen molar-refractivity contribution < 1.29 is 49.5 Å². The summed E-state index contributed by atoms with van der Waals surface area (Å²) in [4.78, 5) is 37.3. The minimum absolute atomic E-state index is 0. The Morgan fingerprint density at radius 3 is 1.09 bits per heavy atom. The molecule has 0 aliphatic heterocycles. The van der Waals surface area contributed by atoms with Crippen LogP contribution in [-0.2, 0) is 29.9 Å². The third kappa shape index (κ3) is 18.9. The van der Waals surface area contributed by atoms with E-state index in [0.717, 1.165) is 0 Å². The standard InChI is InChI=1S/Ni.H4O7P2.Sr/c;1-8(2,3)7-9(4,5)6;/h;(H2,1,2,3)(H2,4,5,6);/q+2;;+2/p-4. The largest absolute Gasteiger partial charge is 2.00 e. The molecule has 0 bridgehead atoms. The van der Waals surface area contributed by atoms with E-state index >= 15 is 0 Å². The molecule has 0 rings (SSSR count). The summed E-state index contributed by atoms with van der Waals surface area (Å²) in [6, 6.07) is 0. The number of phosphoric acid groups is 2. The Labute approximate surface area is 109 Å². The maximum absolute atomic E-state index is 9.32. The fourth-order valence-corrected chi connectivity index (χ4v) is 1.10. The molecule has 0 radical (unpaired) electrons. The van der Waals surface area contributed by atoms with Crippen LogP contribution in [0.4, 0.5) is 0 Å². The molecule has 0 N–H and O–H groups in total. The van der Waals surface area contributed by atoms with Crippen LogP contribution in [0.5, 0.6) is 0 Å². The molecule has 0 heterocycles. The number of hydrogen-bond donors (Lipinski definition) is 0. The van der Waals surface area contributed by atoms with Crippen LogP contribution in [0, 0.1) is 0 Å². The van der Waals surface area contributed by atoms with Crippen molar-refractivity contribution >= 4 is 61.1 Å². The van der Waals surface area contributed by atoms with Gasteiger partial charge < -0.3 is 33.0 Å². The van der Waals surface area contributed by atoms with E-state index in [4.69, 9.17) is 0 Å². The smallest absolute Gasteiger partial charge is 0.790 e. The van der Waals surface area contributed by atoms with Crippen molar-refractivity contribution in [2.75, 3.05) is 0 Å². The summed E-state index contributed by atoms with van der Waals surface area (Å²) >= 11 is 0. The summed E-state index contributed by atoms with van der Waals surface area (Å²) in [7, 11) is -11.4. The first kappa shape index (κ1) is 18.9. The van der Waals surface area contributed by atoms with Crippen LogP contribution in [0.15, 0.2) is 0 Å². The average Bonchev–Trinajstić information content (AvgIpc) is 1.14. The van der Waals surface area contributed by atoms with Gasteiger partial charge in [-0.15, -0.1) is 0 Å². The van der Waals surface area contributed by atoms with Gasteiger partial charge in [-0.3, -0.25) is 0 Å².